The van der Waals surface area contributed by atoms with Gasteiger partial charge in [0.25, 0.3) is 0 Å². The number of methoxy groups -OCH3 is 1. The number of ether oxygens (including phenoxy) is 1. The fourth-order valence-electron chi connectivity index (χ4n) is 0.935. The summed E-state index contributed by atoms with van der Waals surface area (Å²) < 4.78 is 40.4. The van der Waals surface area contributed by atoms with Gasteiger partial charge in [-0.3, -0.25) is 0 Å². The smallest absolute Gasteiger partial charge is 0.497 e. The van der Waals surface area contributed by atoms with Crippen LogP contribution in [-0.2, 0) is 0 Å². The largest absolute Gasteiger partial charge is 1.00 e. The fraction of sp³-hybridized carbons (Fsp3) is 0.111. The van der Waals surface area contributed by atoms with Crippen LogP contribution >= 0.6 is 0 Å². The van der Waals surface area contributed by atoms with E-state index < -0.39 is 6.98 Å². The topological polar surface area (TPSA) is 9.23 Å². The molecule has 0 saturated heterocycles. The standard InChI is InChI=1S/C9H9BF3O.K/c1-14-9-4-2-8(3-5-9)6-7-10(11,12)13;/h2-7H,1H3;/q-1;+1/b7-6+;. The van der Waals surface area contributed by atoms with E-state index in [1.807, 2.05) is 0 Å². The first kappa shape index (κ1) is 15.3. The monoisotopic (exact) mass is 240 g/mol. The van der Waals surface area contributed by atoms with Crippen LogP contribution in [0.5, 0.6) is 5.75 Å². The second kappa shape index (κ2) is 6.75. The maximum Gasteiger partial charge on any atom is 1.00 e. The summed E-state index contributed by atoms with van der Waals surface area (Å²) in [6, 6.07) is 6.36. The van der Waals surface area contributed by atoms with Crippen LogP contribution in [0.1, 0.15) is 5.56 Å². The van der Waals surface area contributed by atoms with Crippen LogP contribution in [0.25, 0.3) is 6.08 Å². The van der Waals surface area contributed by atoms with Gasteiger partial charge in [0.1, 0.15) is 5.75 Å². The third kappa shape index (κ3) is 6.42. The summed E-state index contributed by atoms with van der Waals surface area (Å²) in [4.78, 5) is 0. The van der Waals surface area contributed by atoms with Crippen LogP contribution in [-0.4, -0.2) is 14.1 Å². The molecule has 0 bridgehead atoms. The second-order valence-corrected chi connectivity index (χ2v) is 2.76. The molecule has 1 aromatic rings. The van der Waals surface area contributed by atoms with Crippen LogP contribution < -0.4 is 56.1 Å². The zero-order chi connectivity index (χ0) is 10.6. The summed E-state index contributed by atoms with van der Waals surface area (Å²) in [6.07, 6.45) is 1.04. The number of rotatable bonds is 3. The maximum absolute atomic E-state index is 11.8. The maximum atomic E-state index is 11.8. The Hall–Kier alpha value is 0.251. The average molecular weight is 240 g/mol. The molecular weight excluding hydrogens is 231 g/mol. The van der Waals surface area contributed by atoms with Crippen molar-refractivity contribution in [2.45, 2.75) is 0 Å². The summed E-state index contributed by atoms with van der Waals surface area (Å²) in [5.74, 6) is 0.890. The molecule has 0 radical (unpaired) electrons. The van der Waals surface area contributed by atoms with Crippen LogP contribution in [0.15, 0.2) is 30.2 Å². The zero-order valence-electron chi connectivity index (χ0n) is 8.58. The summed E-state index contributed by atoms with van der Waals surface area (Å²) in [6.45, 7) is -4.85. The van der Waals surface area contributed by atoms with Crippen LogP contribution in [0, 0.1) is 0 Å². The summed E-state index contributed by atoms with van der Waals surface area (Å²) in [7, 11) is 1.50. The molecule has 0 saturated carbocycles. The van der Waals surface area contributed by atoms with E-state index in [0.717, 1.165) is 6.08 Å². The fourth-order valence-corrected chi connectivity index (χ4v) is 0.935. The molecule has 0 aliphatic carbocycles. The van der Waals surface area contributed by atoms with Crippen molar-refractivity contribution in [1.82, 2.24) is 0 Å². The normalized spacial score (nSPS) is 11.2. The Balaban J connectivity index is 0.00000196. The Morgan fingerprint density at radius 2 is 1.67 bits per heavy atom. The Morgan fingerprint density at radius 1 is 1.13 bits per heavy atom. The summed E-state index contributed by atoms with van der Waals surface area (Å²) in [5.41, 5.74) is 0.505. The molecule has 0 fully saturated rings. The molecule has 1 aromatic carbocycles. The first-order valence-electron chi connectivity index (χ1n) is 4.04. The first-order valence-corrected chi connectivity index (χ1v) is 4.04. The molecule has 0 aliphatic heterocycles. The van der Waals surface area contributed by atoms with Gasteiger partial charge in [-0.25, -0.2) is 0 Å². The van der Waals surface area contributed by atoms with Gasteiger partial charge in [0.15, 0.2) is 0 Å². The van der Waals surface area contributed by atoms with Crippen molar-refractivity contribution in [1.29, 1.82) is 0 Å². The van der Waals surface area contributed by atoms with Gasteiger partial charge in [-0.15, -0.1) is 5.98 Å². The van der Waals surface area contributed by atoms with Gasteiger partial charge in [-0.2, -0.15) is 0 Å². The van der Waals surface area contributed by atoms with Crippen LogP contribution in [0.4, 0.5) is 12.9 Å². The average Bonchev–Trinajstić information content (AvgIpc) is 2.14. The van der Waals surface area contributed by atoms with E-state index in [0.29, 0.717) is 11.3 Å². The summed E-state index contributed by atoms with van der Waals surface area (Å²) >= 11 is 0. The van der Waals surface area contributed by atoms with E-state index >= 15 is 0 Å². The molecule has 1 nitrogen and oxygen atoms in total. The van der Waals surface area contributed by atoms with E-state index in [4.69, 9.17) is 4.74 Å². The van der Waals surface area contributed by atoms with E-state index in [1.54, 1.807) is 24.3 Å². The number of hydrogen-bond donors (Lipinski definition) is 0. The van der Waals surface area contributed by atoms with Gasteiger partial charge in [0.05, 0.1) is 7.11 Å². The molecule has 0 N–H and O–H groups in total. The minimum atomic E-state index is -4.85. The van der Waals surface area contributed by atoms with Gasteiger partial charge in [0.2, 0.25) is 0 Å². The predicted molar refractivity (Wildman–Crippen MR) is 51.1 cm³/mol. The number of halogens is 3. The van der Waals surface area contributed by atoms with Gasteiger partial charge >= 0.3 is 58.4 Å². The molecule has 0 atom stereocenters. The van der Waals surface area contributed by atoms with Crippen molar-refractivity contribution in [2.24, 2.45) is 0 Å². The van der Waals surface area contributed by atoms with E-state index in [-0.39, 0.29) is 57.4 Å². The molecule has 0 heterocycles. The first-order chi connectivity index (χ1) is 6.51. The molecule has 0 amide bonds. The molecule has 0 aliphatic rings. The van der Waals surface area contributed by atoms with E-state index in [1.165, 1.54) is 7.11 Å². The van der Waals surface area contributed by atoms with Crippen molar-refractivity contribution < 1.29 is 69.1 Å². The van der Waals surface area contributed by atoms with Crippen molar-refractivity contribution >= 4 is 13.1 Å². The number of benzene rings is 1. The Kier molecular flexibility index (Phi) is 6.87. The molecule has 0 spiro atoms. The second-order valence-electron chi connectivity index (χ2n) is 2.76. The van der Waals surface area contributed by atoms with Crippen LogP contribution in [0.3, 0.4) is 0 Å². The molecule has 76 valence electrons. The Bertz CT molecular complexity index is 321. The minimum absolute atomic E-state index is 0. The summed E-state index contributed by atoms with van der Waals surface area (Å²) in [5, 5.41) is 0. The quantitative estimate of drug-likeness (QED) is 0.681. The van der Waals surface area contributed by atoms with Crippen molar-refractivity contribution in [3.63, 3.8) is 0 Å². The minimum Gasteiger partial charge on any atom is -0.497 e. The van der Waals surface area contributed by atoms with Gasteiger partial charge in [-0.05, 0) is 17.7 Å². The molecule has 15 heavy (non-hydrogen) atoms. The SMILES string of the molecule is COc1ccc(/C=C/[B-](F)(F)F)cc1.[K+]. The van der Waals surface area contributed by atoms with Crippen LogP contribution in [0.2, 0.25) is 0 Å². The third-order valence-corrected chi connectivity index (χ3v) is 1.62. The Labute approximate surface area is 129 Å². The van der Waals surface area contributed by atoms with Crippen molar-refractivity contribution in [2.75, 3.05) is 7.11 Å². The van der Waals surface area contributed by atoms with Crippen molar-refractivity contribution in [3.05, 3.63) is 35.8 Å². The Morgan fingerprint density at radius 3 is 2.07 bits per heavy atom. The van der Waals surface area contributed by atoms with Gasteiger partial charge in [0, 0.05) is 0 Å². The van der Waals surface area contributed by atoms with E-state index in [9.17, 15) is 12.9 Å². The molecule has 1 rings (SSSR count). The molecule has 0 aromatic heterocycles. The third-order valence-electron chi connectivity index (χ3n) is 1.62. The number of hydrogen-bond acceptors (Lipinski definition) is 1. The van der Waals surface area contributed by atoms with E-state index in [2.05, 4.69) is 0 Å². The zero-order valence-corrected chi connectivity index (χ0v) is 11.7. The van der Waals surface area contributed by atoms with Gasteiger partial charge in [-0.1, -0.05) is 18.2 Å². The molecule has 0 unspecified atom stereocenters. The predicted octanol–water partition coefficient (Wildman–Crippen LogP) is 0.0990. The van der Waals surface area contributed by atoms with Crippen molar-refractivity contribution in [3.8, 4) is 5.75 Å². The molecule has 6 heteroatoms. The molecular formula is C9H9BF3KO. The van der Waals surface area contributed by atoms with Gasteiger partial charge < -0.3 is 17.7 Å².